The summed E-state index contributed by atoms with van der Waals surface area (Å²) in [5, 5.41) is 9.49. The highest BCUT2D eigenvalue weighted by molar-refractivity contribution is 5.78. The molecule has 1 unspecified atom stereocenters. The first-order valence-electron chi connectivity index (χ1n) is 9.63. The van der Waals surface area contributed by atoms with Crippen molar-refractivity contribution in [2.24, 2.45) is 0 Å². The van der Waals surface area contributed by atoms with Crippen LogP contribution in [0.2, 0.25) is 0 Å². The Morgan fingerprint density at radius 3 is 2.81 bits per heavy atom. The number of benzene rings is 2. The zero-order chi connectivity index (χ0) is 18.2. The van der Waals surface area contributed by atoms with Crippen molar-refractivity contribution >= 4 is 16.6 Å². The summed E-state index contributed by atoms with van der Waals surface area (Å²) in [6, 6.07) is 15.6. The van der Waals surface area contributed by atoms with E-state index in [9.17, 15) is 0 Å². The minimum Gasteiger partial charge on any atom is -0.378 e. The number of anilines is 1. The fourth-order valence-corrected chi connectivity index (χ4v) is 4.35. The van der Waals surface area contributed by atoms with Gasteiger partial charge in [-0.3, -0.25) is 0 Å². The Morgan fingerprint density at radius 1 is 1.04 bits per heavy atom. The molecule has 0 aliphatic carbocycles. The molecule has 1 aromatic heterocycles. The van der Waals surface area contributed by atoms with Crippen LogP contribution in [0.4, 0.5) is 5.69 Å². The van der Waals surface area contributed by atoms with Gasteiger partial charge in [-0.1, -0.05) is 18.2 Å². The molecule has 2 aliphatic rings. The maximum absolute atomic E-state index is 5.50. The van der Waals surface area contributed by atoms with Crippen LogP contribution in [-0.4, -0.2) is 55.0 Å². The van der Waals surface area contributed by atoms with E-state index in [2.05, 4.69) is 63.4 Å². The smallest absolute Gasteiger partial charge is 0.0932 e. The van der Waals surface area contributed by atoms with Gasteiger partial charge in [-0.2, -0.15) is 10.2 Å². The highest BCUT2D eigenvalue weighted by atomic mass is 16.5. The van der Waals surface area contributed by atoms with Crippen LogP contribution in [0, 0.1) is 0 Å². The van der Waals surface area contributed by atoms with Crippen molar-refractivity contribution in [2.75, 3.05) is 44.8 Å². The minimum atomic E-state index is 0.365. The topological polar surface area (TPSA) is 41.5 Å². The lowest BCUT2D eigenvalue weighted by Gasteiger charge is -2.35. The predicted molar refractivity (Wildman–Crippen MR) is 107 cm³/mol. The molecule has 5 heteroatoms. The molecule has 5 rings (SSSR count). The molecule has 138 valence electrons. The lowest BCUT2D eigenvalue weighted by atomic mass is 9.84. The summed E-state index contributed by atoms with van der Waals surface area (Å²) in [6.07, 6.45) is 1.75. The zero-order valence-corrected chi connectivity index (χ0v) is 15.6. The Balaban J connectivity index is 1.53. The molecule has 1 atom stereocenters. The largest absolute Gasteiger partial charge is 0.378 e. The Kier molecular flexibility index (Phi) is 4.26. The molecular formula is C22H24N4O. The number of aromatic nitrogens is 2. The third-order valence-corrected chi connectivity index (χ3v) is 5.76. The SMILES string of the molecule is CN1Cc2cc(N3CCOCC3)ccc2C(c2ccc3ccnnc3c2)C1. The summed E-state index contributed by atoms with van der Waals surface area (Å²) in [5.74, 6) is 0.365. The second-order valence-corrected chi connectivity index (χ2v) is 7.58. The van der Waals surface area contributed by atoms with Crippen LogP contribution in [0.15, 0.2) is 48.7 Å². The molecule has 5 nitrogen and oxygen atoms in total. The first-order valence-corrected chi connectivity index (χ1v) is 9.63. The van der Waals surface area contributed by atoms with Crippen LogP contribution in [0.5, 0.6) is 0 Å². The van der Waals surface area contributed by atoms with Gasteiger partial charge in [-0.05, 0) is 48.0 Å². The van der Waals surface area contributed by atoms with Crippen LogP contribution in [-0.2, 0) is 11.3 Å². The van der Waals surface area contributed by atoms with E-state index in [1.54, 1.807) is 6.20 Å². The lowest BCUT2D eigenvalue weighted by Crippen LogP contribution is -2.36. The van der Waals surface area contributed by atoms with Gasteiger partial charge in [-0.25, -0.2) is 0 Å². The van der Waals surface area contributed by atoms with Gasteiger partial charge in [0.1, 0.15) is 0 Å². The number of rotatable bonds is 2. The van der Waals surface area contributed by atoms with Gasteiger partial charge in [0, 0.05) is 43.2 Å². The maximum atomic E-state index is 5.50. The standard InChI is InChI=1S/C22H24N4O/c1-25-14-18-12-19(26-8-10-27-11-9-26)4-5-20(18)21(15-25)17-3-2-16-6-7-23-24-22(16)13-17/h2-7,12-13,21H,8-11,14-15H2,1H3. The molecule has 0 N–H and O–H groups in total. The number of ether oxygens (including phenoxy) is 1. The van der Waals surface area contributed by atoms with Crippen LogP contribution < -0.4 is 4.90 Å². The van der Waals surface area contributed by atoms with E-state index in [4.69, 9.17) is 4.74 Å². The number of likely N-dealkylation sites (N-methyl/N-ethyl adjacent to an activating group) is 1. The number of fused-ring (bicyclic) bond motifs is 2. The number of hydrogen-bond donors (Lipinski definition) is 0. The number of hydrogen-bond acceptors (Lipinski definition) is 5. The third-order valence-electron chi connectivity index (χ3n) is 5.76. The predicted octanol–water partition coefficient (Wildman–Crippen LogP) is 3.04. The maximum Gasteiger partial charge on any atom is 0.0932 e. The minimum absolute atomic E-state index is 0.365. The molecule has 0 bridgehead atoms. The van der Waals surface area contributed by atoms with Crippen molar-refractivity contribution in [2.45, 2.75) is 12.5 Å². The molecule has 3 aromatic rings. The van der Waals surface area contributed by atoms with E-state index in [0.29, 0.717) is 5.92 Å². The van der Waals surface area contributed by atoms with Crippen molar-refractivity contribution in [3.63, 3.8) is 0 Å². The van der Waals surface area contributed by atoms with Gasteiger partial charge in [0.25, 0.3) is 0 Å². The van der Waals surface area contributed by atoms with Gasteiger partial charge in [0.05, 0.1) is 24.9 Å². The number of nitrogens with zero attached hydrogens (tertiary/aromatic N) is 4. The molecule has 27 heavy (non-hydrogen) atoms. The highest BCUT2D eigenvalue weighted by Crippen LogP contribution is 2.36. The summed E-state index contributed by atoms with van der Waals surface area (Å²) in [6.45, 7) is 5.60. The van der Waals surface area contributed by atoms with Gasteiger partial charge in [0.2, 0.25) is 0 Å². The summed E-state index contributed by atoms with van der Waals surface area (Å²) in [7, 11) is 2.21. The summed E-state index contributed by atoms with van der Waals surface area (Å²) in [5.41, 5.74) is 6.46. The third kappa shape index (κ3) is 3.17. The molecule has 0 amide bonds. The normalized spacial score (nSPS) is 20.6. The lowest BCUT2D eigenvalue weighted by molar-refractivity contribution is 0.122. The Hall–Kier alpha value is -2.50. The van der Waals surface area contributed by atoms with E-state index < -0.39 is 0 Å². The zero-order valence-electron chi connectivity index (χ0n) is 15.6. The van der Waals surface area contributed by atoms with E-state index in [0.717, 1.165) is 50.3 Å². The van der Waals surface area contributed by atoms with E-state index in [1.807, 2.05) is 6.07 Å². The quantitative estimate of drug-likeness (QED) is 0.703. The van der Waals surface area contributed by atoms with Crippen LogP contribution in [0.3, 0.4) is 0 Å². The molecule has 1 fully saturated rings. The van der Waals surface area contributed by atoms with Crippen molar-refractivity contribution in [3.05, 3.63) is 65.4 Å². The summed E-state index contributed by atoms with van der Waals surface area (Å²) >= 11 is 0. The van der Waals surface area contributed by atoms with Gasteiger partial charge < -0.3 is 14.5 Å². The van der Waals surface area contributed by atoms with Crippen molar-refractivity contribution < 1.29 is 4.74 Å². The molecule has 0 spiro atoms. The fourth-order valence-electron chi connectivity index (χ4n) is 4.35. The molecule has 2 aromatic carbocycles. The Bertz CT molecular complexity index is 967. The molecular weight excluding hydrogens is 336 g/mol. The van der Waals surface area contributed by atoms with Gasteiger partial charge >= 0.3 is 0 Å². The highest BCUT2D eigenvalue weighted by Gasteiger charge is 2.26. The summed E-state index contributed by atoms with van der Waals surface area (Å²) < 4.78 is 5.50. The molecule has 0 saturated carbocycles. The van der Waals surface area contributed by atoms with Gasteiger partial charge in [-0.15, -0.1) is 0 Å². The monoisotopic (exact) mass is 360 g/mol. The average molecular weight is 360 g/mol. The van der Waals surface area contributed by atoms with Crippen molar-refractivity contribution in [1.29, 1.82) is 0 Å². The van der Waals surface area contributed by atoms with Gasteiger partial charge in [0.15, 0.2) is 0 Å². The average Bonchev–Trinajstić information content (AvgIpc) is 2.73. The number of morpholine rings is 1. The molecule has 0 radical (unpaired) electrons. The summed E-state index contributed by atoms with van der Waals surface area (Å²) in [4.78, 5) is 4.84. The Morgan fingerprint density at radius 2 is 1.93 bits per heavy atom. The fraction of sp³-hybridized carbons (Fsp3) is 0.364. The van der Waals surface area contributed by atoms with E-state index >= 15 is 0 Å². The van der Waals surface area contributed by atoms with Crippen LogP contribution in [0.25, 0.3) is 10.9 Å². The van der Waals surface area contributed by atoms with E-state index in [-0.39, 0.29) is 0 Å². The van der Waals surface area contributed by atoms with Crippen LogP contribution >= 0.6 is 0 Å². The van der Waals surface area contributed by atoms with Crippen LogP contribution in [0.1, 0.15) is 22.6 Å². The molecule has 2 aliphatic heterocycles. The molecule has 1 saturated heterocycles. The van der Waals surface area contributed by atoms with Crippen molar-refractivity contribution in [1.82, 2.24) is 15.1 Å². The van der Waals surface area contributed by atoms with Crippen molar-refractivity contribution in [3.8, 4) is 0 Å². The van der Waals surface area contributed by atoms with E-state index in [1.165, 1.54) is 22.4 Å². The molecule has 3 heterocycles. The second kappa shape index (κ2) is 6.91. The first-order chi connectivity index (χ1) is 13.3. The second-order valence-electron chi connectivity index (χ2n) is 7.58. The first kappa shape index (κ1) is 16.7. The Labute approximate surface area is 159 Å².